The van der Waals surface area contributed by atoms with E-state index in [4.69, 9.17) is 0 Å². The van der Waals surface area contributed by atoms with Crippen molar-refractivity contribution in [1.82, 2.24) is 9.55 Å². The highest BCUT2D eigenvalue weighted by Gasteiger charge is 2.16. The molecule has 4 rings (SSSR count). The molecule has 4 aromatic rings. The molecule has 0 saturated heterocycles. The van der Waals surface area contributed by atoms with Gasteiger partial charge in [-0.25, -0.2) is 4.98 Å². The van der Waals surface area contributed by atoms with Gasteiger partial charge in [0.2, 0.25) is 0 Å². The van der Waals surface area contributed by atoms with E-state index >= 15 is 0 Å². The van der Waals surface area contributed by atoms with Crippen molar-refractivity contribution < 1.29 is 4.79 Å². The molecule has 0 unspecified atom stereocenters. The fourth-order valence-electron chi connectivity index (χ4n) is 3.00. The van der Waals surface area contributed by atoms with Crippen molar-refractivity contribution in [3.8, 4) is 0 Å². The molecule has 0 bridgehead atoms. The molecule has 2 aromatic carbocycles. The monoisotopic (exact) mass is 355 g/mol. The maximum Gasteiger partial charge on any atom is 0.265 e. The van der Waals surface area contributed by atoms with Gasteiger partial charge in [-0.15, -0.1) is 0 Å². The van der Waals surface area contributed by atoms with Crippen LogP contribution in [0.5, 0.6) is 0 Å². The number of amides is 1. The lowest BCUT2D eigenvalue weighted by molar-refractivity contribution is 0.102. The van der Waals surface area contributed by atoms with Crippen LogP contribution in [0.15, 0.2) is 89.9 Å². The van der Waals surface area contributed by atoms with Crippen LogP contribution in [-0.2, 0) is 6.54 Å². The maximum absolute atomic E-state index is 13.1. The van der Waals surface area contributed by atoms with Crippen molar-refractivity contribution >= 4 is 22.6 Å². The third kappa shape index (κ3) is 3.48. The van der Waals surface area contributed by atoms with E-state index in [9.17, 15) is 9.59 Å². The molecule has 0 aliphatic heterocycles. The molecule has 5 heteroatoms. The van der Waals surface area contributed by atoms with Gasteiger partial charge in [-0.1, -0.05) is 48.5 Å². The topological polar surface area (TPSA) is 64.0 Å². The Balaban J connectivity index is 1.81. The first-order chi connectivity index (χ1) is 13.2. The summed E-state index contributed by atoms with van der Waals surface area (Å²) in [5.41, 5.74) is 1.89. The van der Waals surface area contributed by atoms with Gasteiger partial charge in [0.1, 0.15) is 11.2 Å². The Hall–Kier alpha value is -3.73. The predicted molar refractivity (Wildman–Crippen MR) is 106 cm³/mol. The molecule has 0 aliphatic carbocycles. The number of hydrogen-bond donors (Lipinski definition) is 1. The fourth-order valence-corrected chi connectivity index (χ4v) is 3.00. The predicted octanol–water partition coefficient (Wildman–Crippen LogP) is 3.70. The number of carbonyl (C=O) groups is 1. The summed E-state index contributed by atoms with van der Waals surface area (Å²) in [6.45, 7) is 0.347. The Labute approximate surface area is 155 Å². The summed E-state index contributed by atoms with van der Waals surface area (Å²) >= 11 is 0. The largest absolute Gasteiger partial charge is 0.322 e. The second-order valence-corrected chi connectivity index (χ2v) is 6.17. The van der Waals surface area contributed by atoms with E-state index in [1.807, 2.05) is 54.6 Å². The molecule has 1 N–H and O–H groups in total. The lowest BCUT2D eigenvalue weighted by Crippen LogP contribution is -2.30. The van der Waals surface area contributed by atoms with Gasteiger partial charge in [0.05, 0.1) is 6.54 Å². The number of nitrogens with zero attached hydrogens (tertiary/aromatic N) is 2. The summed E-state index contributed by atoms with van der Waals surface area (Å²) in [5, 5.41) is 3.52. The zero-order valence-corrected chi connectivity index (χ0v) is 14.5. The van der Waals surface area contributed by atoms with E-state index in [-0.39, 0.29) is 11.1 Å². The molecule has 0 aliphatic rings. The van der Waals surface area contributed by atoms with Crippen molar-refractivity contribution in [3.05, 3.63) is 107 Å². The molecule has 27 heavy (non-hydrogen) atoms. The SMILES string of the molecule is O=C(Nc1ccccc1)c1cc2cccnc2n(Cc2ccccc2)c1=O. The van der Waals surface area contributed by atoms with Gasteiger partial charge < -0.3 is 5.32 Å². The van der Waals surface area contributed by atoms with Gasteiger partial charge in [-0.05, 0) is 35.9 Å². The van der Waals surface area contributed by atoms with Gasteiger partial charge in [-0.3, -0.25) is 14.2 Å². The Morgan fingerprint density at radius 3 is 2.37 bits per heavy atom. The first-order valence-electron chi connectivity index (χ1n) is 8.61. The van der Waals surface area contributed by atoms with Crippen LogP contribution in [-0.4, -0.2) is 15.5 Å². The highest BCUT2D eigenvalue weighted by Crippen LogP contribution is 2.14. The third-order valence-electron chi connectivity index (χ3n) is 4.31. The molecule has 5 nitrogen and oxygen atoms in total. The Bertz CT molecular complexity index is 1150. The summed E-state index contributed by atoms with van der Waals surface area (Å²) in [6, 6.07) is 24.0. The summed E-state index contributed by atoms with van der Waals surface area (Å²) in [4.78, 5) is 30.2. The van der Waals surface area contributed by atoms with Crippen molar-refractivity contribution in [3.63, 3.8) is 0 Å². The third-order valence-corrected chi connectivity index (χ3v) is 4.31. The summed E-state index contributed by atoms with van der Waals surface area (Å²) < 4.78 is 1.55. The standard InChI is InChI=1S/C22H17N3O2/c26-21(24-18-11-5-2-6-12-18)19-14-17-10-7-13-23-20(17)25(22(19)27)15-16-8-3-1-4-9-16/h1-14H,15H2,(H,24,26). The number of hydrogen-bond acceptors (Lipinski definition) is 3. The quantitative estimate of drug-likeness (QED) is 0.607. The lowest BCUT2D eigenvalue weighted by atomic mass is 10.1. The van der Waals surface area contributed by atoms with Crippen molar-refractivity contribution in [2.45, 2.75) is 6.54 Å². The molecule has 132 valence electrons. The number of carbonyl (C=O) groups excluding carboxylic acids is 1. The number of pyridine rings is 2. The minimum atomic E-state index is -0.432. The van der Waals surface area contributed by atoms with Crippen LogP contribution in [0.4, 0.5) is 5.69 Å². The molecule has 2 heterocycles. The fraction of sp³-hybridized carbons (Fsp3) is 0.0455. The Morgan fingerprint density at radius 2 is 1.63 bits per heavy atom. The molecular weight excluding hydrogens is 338 g/mol. The second-order valence-electron chi connectivity index (χ2n) is 6.17. The first kappa shape index (κ1) is 16.7. The van der Waals surface area contributed by atoms with Gasteiger partial charge >= 0.3 is 0 Å². The number of para-hydroxylation sites is 1. The van der Waals surface area contributed by atoms with Crippen molar-refractivity contribution in [1.29, 1.82) is 0 Å². The number of rotatable bonds is 4. The highest BCUT2D eigenvalue weighted by atomic mass is 16.2. The Kier molecular flexibility index (Phi) is 4.49. The summed E-state index contributed by atoms with van der Waals surface area (Å²) in [7, 11) is 0. The lowest BCUT2D eigenvalue weighted by Gasteiger charge is -2.12. The van der Waals surface area contributed by atoms with Crippen LogP contribution in [0, 0.1) is 0 Å². The molecule has 1 amide bonds. The summed E-state index contributed by atoms with van der Waals surface area (Å²) in [6.07, 6.45) is 1.65. The van der Waals surface area contributed by atoms with E-state index in [1.54, 1.807) is 35.0 Å². The van der Waals surface area contributed by atoms with Crippen LogP contribution >= 0.6 is 0 Å². The molecule has 0 spiro atoms. The first-order valence-corrected chi connectivity index (χ1v) is 8.61. The number of anilines is 1. The molecular formula is C22H17N3O2. The van der Waals surface area contributed by atoms with E-state index in [1.165, 1.54) is 0 Å². The summed E-state index contributed by atoms with van der Waals surface area (Å²) in [5.74, 6) is -0.432. The van der Waals surface area contributed by atoms with E-state index < -0.39 is 5.91 Å². The molecule has 0 fully saturated rings. The number of fused-ring (bicyclic) bond motifs is 1. The molecule has 0 radical (unpaired) electrons. The van der Waals surface area contributed by atoms with Crippen molar-refractivity contribution in [2.75, 3.05) is 5.32 Å². The molecule has 2 aromatic heterocycles. The second kappa shape index (κ2) is 7.25. The van der Waals surface area contributed by atoms with E-state index in [0.717, 1.165) is 10.9 Å². The van der Waals surface area contributed by atoms with Gasteiger partial charge in [0.25, 0.3) is 11.5 Å². The maximum atomic E-state index is 13.1. The van der Waals surface area contributed by atoms with Crippen LogP contribution in [0.3, 0.4) is 0 Å². The number of nitrogens with one attached hydrogen (secondary N) is 1. The van der Waals surface area contributed by atoms with Crippen LogP contribution < -0.4 is 10.9 Å². The molecule has 0 atom stereocenters. The van der Waals surface area contributed by atoms with Gasteiger partial charge in [0.15, 0.2) is 0 Å². The van der Waals surface area contributed by atoms with Crippen LogP contribution in [0.1, 0.15) is 15.9 Å². The van der Waals surface area contributed by atoms with E-state index in [2.05, 4.69) is 10.3 Å². The Morgan fingerprint density at radius 1 is 0.926 bits per heavy atom. The van der Waals surface area contributed by atoms with Crippen molar-refractivity contribution in [2.24, 2.45) is 0 Å². The zero-order valence-electron chi connectivity index (χ0n) is 14.5. The smallest absolute Gasteiger partial charge is 0.265 e. The molecule has 0 saturated carbocycles. The minimum absolute atomic E-state index is 0.0929. The minimum Gasteiger partial charge on any atom is -0.322 e. The zero-order chi connectivity index (χ0) is 18.6. The average molecular weight is 355 g/mol. The normalized spacial score (nSPS) is 10.7. The van der Waals surface area contributed by atoms with Crippen LogP contribution in [0.25, 0.3) is 11.0 Å². The van der Waals surface area contributed by atoms with Gasteiger partial charge in [0, 0.05) is 17.3 Å². The average Bonchev–Trinajstić information content (AvgIpc) is 2.71. The number of aromatic nitrogens is 2. The number of benzene rings is 2. The van der Waals surface area contributed by atoms with Gasteiger partial charge in [-0.2, -0.15) is 0 Å². The van der Waals surface area contributed by atoms with Crippen LogP contribution in [0.2, 0.25) is 0 Å². The highest BCUT2D eigenvalue weighted by molar-refractivity contribution is 6.05. The van der Waals surface area contributed by atoms with E-state index in [0.29, 0.717) is 17.9 Å².